The van der Waals surface area contributed by atoms with Gasteiger partial charge in [0.05, 0.1) is 17.1 Å². The Morgan fingerprint density at radius 1 is 1.42 bits per heavy atom. The summed E-state index contributed by atoms with van der Waals surface area (Å²) in [5.41, 5.74) is 1.23. The number of fused-ring (bicyclic) bond motifs is 3. The Hall–Kier alpha value is -2.63. The fraction of sp³-hybridized carbons (Fsp3) is 0.154. The molecule has 0 atom stereocenters. The number of H-pyrrole nitrogens is 1. The minimum Gasteiger partial charge on any atom is -0.352 e. The number of benzene rings is 1. The minimum atomic E-state index is -0.247. The van der Waals surface area contributed by atoms with Gasteiger partial charge in [-0.1, -0.05) is 12.1 Å². The van der Waals surface area contributed by atoms with E-state index in [0.717, 1.165) is 0 Å². The lowest BCUT2D eigenvalue weighted by Gasteiger charge is -2.02. The number of carbonyl (C=O) groups excluding carboxylic acids is 1. The van der Waals surface area contributed by atoms with Gasteiger partial charge in [0.1, 0.15) is 11.2 Å². The second-order valence-corrected chi connectivity index (χ2v) is 4.15. The van der Waals surface area contributed by atoms with Gasteiger partial charge in [-0.05, 0) is 19.1 Å². The Bertz CT molecular complexity index is 831. The molecule has 0 unspecified atom stereocenters. The predicted molar refractivity (Wildman–Crippen MR) is 71.3 cm³/mol. The molecule has 1 amide bonds. The molecule has 2 aromatic heterocycles. The van der Waals surface area contributed by atoms with Crippen LogP contribution in [0.4, 0.5) is 0 Å². The zero-order valence-corrected chi connectivity index (χ0v) is 10.3. The minimum absolute atomic E-state index is 0.228. The van der Waals surface area contributed by atoms with Crippen molar-refractivity contribution in [1.29, 1.82) is 0 Å². The van der Waals surface area contributed by atoms with Gasteiger partial charge in [0, 0.05) is 6.54 Å². The molecule has 0 radical (unpaired) electrons. The van der Waals surface area contributed by atoms with Crippen molar-refractivity contribution >= 4 is 22.5 Å². The maximum atomic E-state index is 12.0. The Balaban J connectivity index is 2.36. The van der Waals surface area contributed by atoms with Gasteiger partial charge < -0.3 is 10.3 Å². The second-order valence-electron chi connectivity index (χ2n) is 4.15. The van der Waals surface area contributed by atoms with Crippen LogP contribution < -0.4 is 10.9 Å². The molecule has 6 heteroatoms. The number of nitrogens with zero attached hydrogens (tertiary/aromatic N) is 2. The van der Waals surface area contributed by atoms with Crippen LogP contribution in [0.5, 0.6) is 0 Å². The van der Waals surface area contributed by atoms with E-state index in [1.165, 1.54) is 6.20 Å². The third kappa shape index (κ3) is 1.69. The molecular weight excluding hydrogens is 244 g/mol. The first-order chi connectivity index (χ1) is 9.22. The van der Waals surface area contributed by atoms with Gasteiger partial charge in [-0.15, -0.1) is 0 Å². The molecule has 0 aliphatic carbocycles. The van der Waals surface area contributed by atoms with E-state index in [4.69, 9.17) is 0 Å². The van der Waals surface area contributed by atoms with Gasteiger partial charge in [-0.25, -0.2) is 4.52 Å². The summed E-state index contributed by atoms with van der Waals surface area (Å²) in [5, 5.41) is 7.41. The highest BCUT2D eigenvalue weighted by Crippen LogP contribution is 2.13. The standard InChI is InChI=1S/C13H12N4O2/c1-2-14-12(18)9-7-15-17-10-6-4-3-5-8(10)13(19)16-11(9)17/h3-7H,2H2,1H3,(H,14,18)(H,16,19). The largest absolute Gasteiger partial charge is 0.352 e. The highest BCUT2D eigenvalue weighted by Gasteiger charge is 2.15. The van der Waals surface area contributed by atoms with Crippen LogP contribution in [0.15, 0.2) is 35.3 Å². The van der Waals surface area contributed by atoms with E-state index in [0.29, 0.717) is 28.7 Å². The molecule has 0 bridgehead atoms. The van der Waals surface area contributed by atoms with Crippen LogP contribution in [0, 0.1) is 0 Å². The molecule has 0 aliphatic rings. The number of rotatable bonds is 2. The zero-order valence-electron chi connectivity index (χ0n) is 10.3. The number of aromatic nitrogens is 3. The Morgan fingerprint density at radius 2 is 2.21 bits per heavy atom. The summed E-state index contributed by atoms with van der Waals surface area (Å²) >= 11 is 0. The molecular formula is C13H12N4O2. The monoisotopic (exact) mass is 256 g/mol. The van der Waals surface area contributed by atoms with Crippen molar-refractivity contribution < 1.29 is 4.79 Å². The van der Waals surface area contributed by atoms with E-state index in [9.17, 15) is 9.59 Å². The van der Waals surface area contributed by atoms with E-state index < -0.39 is 0 Å². The van der Waals surface area contributed by atoms with Crippen LogP contribution in [0.25, 0.3) is 16.6 Å². The molecule has 0 spiro atoms. The quantitative estimate of drug-likeness (QED) is 0.715. The van der Waals surface area contributed by atoms with Crippen LogP contribution in [0.2, 0.25) is 0 Å². The molecule has 0 saturated heterocycles. The molecule has 0 fully saturated rings. The summed E-state index contributed by atoms with van der Waals surface area (Å²) in [6, 6.07) is 7.14. The fourth-order valence-corrected chi connectivity index (χ4v) is 2.10. The van der Waals surface area contributed by atoms with Crippen LogP contribution in [0.1, 0.15) is 17.3 Å². The predicted octanol–water partition coefficient (Wildman–Crippen LogP) is 0.925. The summed E-state index contributed by atoms with van der Waals surface area (Å²) in [4.78, 5) is 26.6. The van der Waals surface area contributed by atoms with Gasteiger partial charge >= 0.3 is 0 Å². The lowest BCUT2D eigenvalue weighted by atomic mass is 10.2. The van der Waals surface area contributed by atoms with E-state index in [2.05, 4.69) is 15.4 Å². The number of hydrogen-bond donors (Lipinski definition) is 2. The van der Waals surface area contributed by atoms with E-state index in [1.807, 2.05) is 13.0 Å². The zero-order chi connectivity index (χ0) is 13.4. The first-order valence-electron chi connectivity index (χ1n) is 5.99. The Morgan fingerprint density at radius 3 is 3.00 bits per heavy atom. The van der Waals surface area contributed by atoms with Crippen LogP contribution in [-0.4, -0.2) is 27.0 Å². The number of amides is 1. The number of hydrogen-bond acceptors (Lipinski definition) is 3. The van der Waals surface area contributed by atoms with Crippen molar-refractivity contribution in [3.63, 3.8) is 0 Å². The average molecular weight is 256 g/mol. The molecule has 1 aromatic carbocycles. The lowest BCUT2D eigenvalue weighted by molar-refractivity contribution is 0.0957. The third-order valence-corrected chi connectivity index (χ3v) is 2.96. The van der Waals surface area contributed by atoms with Crippen molar-refractivity contribution in [3.8, 4) is 0 Å². The smallest absolute Gasteiger partial charge is 0.259 e. The lowest BCUT2D eigenvalue weighted by Crippen LogP contribution is -2.23. The van der Waals surface area contributed by atoms with Gasteiger partial charge in [-0.2, -0.15) is 5.10 Å². The van der Waals surface area contributed by atoms with Gasteiger partial charge in [0.15, 0.2) is 0 Å². The molecule has 96 valence electrons. The SMILES string of the molecule is CCNC(=O)c1cnn2c1[nH]c(=O)c1ccccc12. The van der Waals surface area contributed by atoms with Crippen LogP contribution in [-0.2, 0) is 0 Å². The van der Waals surface area contributed by atoms with Crippen molar-refractivity contribution in [2.75, 3.05) is 6.54 Å². The Labute approximate surface area is 108 Å². The topological polar surface area (TPSA) is 79.3 Å². The summed E-state index contributed by atoms with van der Waals surface area (Å²) in [6.07, 6.45) is 1.46. The first-order valence-corrected chi connectivity index (χ1v) is 5.99. The first kappa shape index (κ1) is 11.5. The average Bonchev–Trinajstić information content (AvgIpc) is 2.83. The van der Waals surface area contributed by atoms with Gasteiger partial charge in [0.25, 0.3) is 11.5 Å². The maximum absolute atomic E-state index is 12.0. The third-order valence-electron chi connectivity index (χ3n) is 2.96. The number of para-hydroxylation sites is 1. The van der Waals surface area contributed by atoms with Crippen molar-refractivity contribution in [2.45, 2.75) is 6.92 Å². The molecule has 0 saturated carbocycles. The number of carbonyl (C=O) groups is 1. The van der Waals surface area contributed by atoms with E-state index in [1.54, 1.807) is 22.7 Å². The van der Waals surface area contributed by atoms with E-state index in [-0.39, 0.29) is 11.5 Å². The van der Waals surface area contributed by atoms with Crippen LogP contribution >= 0.6 is 0 Å². The second kappa shape index (κ2) is 4.24. The molecule has 2 heterocycles. The van der Waals surface area contributed by atoms with Crippen molar-refractivity contribution in [1.82, 2.24) is 19.9 Å². The number of nitrogens with one attached hydrogen (secondary N) is 2. The van der Waals surface area contributed by atoms with Gasteiger partial charge in [0.2, 0.25) is 0 Å². The molecule has 3 rings (SSSR count). The van der Waals surface area contributed by atoms with Gasteiger partial charge in [-0.3, -0.25) is 9.59 Å². The summed E-state index contributed by atoms with van der Waals surface area (Å²) in [6.45, 7) is 2.36. The molecule has 2 N–H and O–H groups in total. The summed E-state index contributed by atoms with van der Waals surface area (Å²) in [7, 11) is 0. The maximum Gasteiger partial charge on any atom is 0.259 e. The molecule has 0 aliphatic heterocycles. The summed E-state index contributed by atoms with van der Waals surface area (Å²) < 4.78 is 1.57. The van der Waals surface area contributed by atoms with E-state index >= 15 is 0 Å². The Kier molecular flexibility index (Phi) is 2.56. The highest BCUT2D eigenvalue weighted by molar-refractivity contribution is 6.00. The van der Waals surface area contributed by atoms with Crippen molar-refractivity contribution in [2.24, 2.45) is 0 Å². The molecule has 3 aromatic rings. The fourth-order valence-electron chi connectivity index (χ4n) is 2.10. The number of aromatic amines is 1. The van der Waals surface area contributed by atoms with Crippen LogP contribution in [0.3, 0.4) is 0 Å². The summed E-state index contributed by atoms with van der Waals surface area (Å²) in [5.74, 6) is -0.247. The molecule has 6 nitrogen and oxygen atoms in total. The van der Waals surface area contributed by atoms with Crippen molar-refractivity contribution in [3.05, 3.63) is 46.4 Å². The highest BCUT2D eigenvalue weighted by atomic mass is 16.1. The molecule has 19 heavy (non-hydrogen) atoms. The normalized spacial score (nSPS) is 11.0.